The Morgan fingerprint density at radius 1 is 0.852 bits per heavy atom. The van der Waals surface area contributed by atoms with E-state index in [-0.39, 0.29) is 11.5 Å². The van der Waals surface area contributed by atoms with Crippen LogP contribution in [0.3, 0.4) is 0 Å². The summed E-state index contributed by atoms with van der Waals surface area (Å²) in [5.41, 5.74) is 3.72. The Morgan fingerprint density at radius 2 is 1.37 bits per heavy atom. The minimum Gasteiger partial charge on any atom is -0.475 e. The minimum absolute atomic E-state index is 0.189. The van der Waals surface area contributed by atoms with Crippen molar-refractivity contribution in [1.29, 1.82) is 0 Å². The summed E-state index contributed by atoms with van der Waals surface area (Å²) in [7, 11) is 0. The smallest absolute Gasteiger partial charge is 0.216 e. The molecule has 0 fully saturated rings. The molecule has 0 aromatic heterocycles. The van der Waals surface area contributed by atoms with E-state index < -0.39 is 0 Å². The van der Waals surface area contributed by atoms with E-state index >= 15 is 0 Å². The van der Waals surface area contributed by atoms with Crippen molar-refractivity contribution >= 4 is 5.90 Å². The Kier molecular flexibility index (Phi) is 6.04. The molecule has 2 aromatic carbocycles. The molecule has 144 valence electrons. The molecule has 0 unspecified atom stereocenters. The van der Waals surface area contributed by atoms with Gasteiger partial charge in [0, 0.05) is 5.56 Å². The van der Waals surface area contributed by atoms with Gasteiger partial charge < -0.3 is 4.74 Å². The van der Waals surface area contributed by atoms with Gasteiger partial charge in [0.2, 0.25) is 5.90 Å². The molecule has 27 heavy (non-hydrogen) atoms. The number of aliphatic imine (C=N–C) groups is 1. The third-order valence-electron chi connectivity index (χ3n) is 5.44. The molecule has 1 aliphatic rings. The first-order valence-corrected chi connectivity index (χ1v) is 10.2. The van der Waals surface area contributed by atoms with Gasteiger partial charge in [0.25, 0.3) is 0 Å². The molecular formula is C25H33NO. The summed E-state index contributed by atoms with van der Waals surface area (Å²) in [6.07, 6.45) is 2.37. The molecule has 2 heteroatoms. The molecule has 1 aliphatic heterocycles. The Morgan fingerprint density at radius 3 is 1.93 bits per heavy atom. The number of benzene rings is 2. The highest BCUT2D eigenvalue weighted by atomic mass is 16.5. The average molecular weight is 364 g/mol. The molecule has 1 atom stereocenters. The summed E-state index contributed by atoms with van der Waals surface area (Å²) in [5.74, 6) is 2.13. The lowest BCUT2D eigenvalue weighted by Gasteiger charge is -2.36. The van der Waals surface area contributed by atoms with Crippen molar-refractivity contribution in [1.82, 2.24) is 0 Å². The van der Waals surface area contributed by atoms with Crippen LogP contribution >= 0.6 is 0 Å². The zero-order valence-electron chi connectivity index (χ0n) is 17.4. The molecule has 0 aliphatic carbocycles. The average Bonchev–Trinajstić information content (AvgIpc) is 3.12. The van der Waals surface area contributed by atoms with Crippen LogP contribution < -0.4 is 0 Å². The first-order chi connectivity index (χ1) is 12.9. The van der Waals surface area contributed by atoms with Gasteiger partial charge >= 0.3 is 0 Å². The second kappa shape index (κ2) is 8.29. The van der Waals surface area contributed by atoms with Gasteiger partial charge in [-0.05, 0) is 53.4 Å². The molecule has 0 bridgehead atoms. The first-order valence-electron chi connectivity index (χ1n) is 10.2. The molecule has 0 saturated heterocycles. The minimum atomic E-state index is 0.189. The van der Waals surface area contributed by atoms with E-state index in [0.717, 1.165) is 11.5 Å². The Balaban J connectivity index is 1.79. The van der Waals surface area contributed by atoms with Crippen LogP contribution in [0.5, 0.6) is 0 Å². The van der Waals surface area contributed by atoms with Crippen molar-refractivity contribution in [3.8, 4) is 11.1 Å². The first kappa shape index (κ1) is 19.7. The second-order valence-electron chi connectivity index (χ2n) is 9.05. The maximum Gasteiger partial charge on any atom is 0.216 e. The highest BCUT2D eigenvalue weighted by molar-refractivity contribution is 5.95. The highest BCUT2D eigenvalue weighted by Gasteiger charge is 2.39. The van der Waals surface area contributed by atoms with E-state index in [1.54, 1.807) is 0 Å². The van der Waals surface area contributed by atoms with Crippen molar-refractivity contribution < 1.29 is 4.74 Å². The highest BCUT2D eigenvalue weighted by Crippen LogP contribution is 2.40. The number of rotatable bonds is 7. The molecular weight excluding hydrogens is 330 g/mol. The van der Waals surface area contributed by atoms with Crippen LogP contribution in [0.1, 0.15) is 53.0 Å². The van der Waals surface area contributed by atoms with Gasteiger partial charge in [-0.25, -0.2) is 4.99 Å². The molecule has 0 N–H and O–H groups in total. The molecule has 0 radical (unpaired) electrons. The zero-order valence-corrected chi connectivity index (χ0v) is 17.4. The van der Waals surface area contributed by atoms with Gasteiger partial charge in [0.1, 0.15) is 6.61 Å². The summed E-state index contributed by atoms with van der Waals surface area (Å²) < 4.78 is 6.06. The van der Waals surface area contributed by atoms with Crippen LogP contribution in [0.2, 0.25) is 0 Å². The normalized spacial score (nSPS) is 17.3. The van der Waals surface area contributed by atoms with Gasteiger partial charge in [-0.3, -0.25) is 0 Å². The van der Waals surface area contributed by atoms with Crippen LogP contribution in [-0.4, -0.2) is 18.5 Å². The largest absolute Gasteiger partial charge is 0.475 e. The molecule has 0 saturated carbocycles. The van der Waals surface area contributed by atoms with Crippen molar-refractivity contribution in [3.05, 3.63) is 60.2 Å². The van der Waals surface area contributed by atoms with E-state index in [2.05, 4.69) is 83.1 Å². The van der Waals surface area contributed by atoms with Crippen LogP contribution in [0.4, 0.5) is 0 Å². The van der Waals surface area contributed by atoms with E-state index in [0.29, 0.717) is 18.4 Å². The zero-order chi connectivity index (χ0) is 19.4. The molecule has 0 amide bonds. The molecule has 2 nitrogen and oxygen atoms in total. The van der Waals surface area contributed by atoms with Crippen LogP contribution in [0.25, 0.3) is 11.1 Å². The lowest BCUT2D eigenvalue weighted by Crippen LogP contribution is -2.35. The molecule has 0 spiro atoms. The lowest BCUT2D eigenvalue weighted by atomic mass is 9.71. The van der Waals surface area contributed by atoms with Gasteiger partial charge in [-0.15, -0.1) is 0 Å². The van der Waals surface area contributed by atoms with Crippen LogP contribution in [0.15, 0.2) is 59.6 Å². The Labute approximate surface area is 164 Å². The summed E-state index contributed by atoms with van der Waals surface area (Å²) in [6, 6.07) is 19.3. The third-order valence-corrected chi connectivity index (χ3v) is 5.44. The van der Waals surface area contributed by atoms with E-state index in [4.69, 9.17) is 9.73 Å². The summed E-state index contributed by atoms with van der Waals surface area (Å²) >= 11 is 0. The molecule has 2 aromatic rings. The van der Waals surface area contributed by atoms with Crippen molar-refractivity contribution in [2.45, 2.75) is 53.5 Å². The van der Waals surface area contributed by atoms with Gasteiger partial charge in [-0.1, -0.05) is 77.1 Å². The fourth-order valence-corrected chi connectivity index (χ4v) is 4.55. The van der Waals surface area contributed by atoms with Crippen molar-refractivity contribution in [3.63, 3.8) is 0 Å². The monoisotopic (exact) mass is 363 g/mol. The Hall–Kier alpha value is -2.09. The summed E-state index contributed by atoms with van der Waals surface area (Å²) in [4.78, 5) is 5.03. The maximum absolute atomic E-state index is 6.06. The van der Waals surface area contributed by atoms with Gasteiger partial charge in [0.05, 0.1) is 6.04 Å². The van der Waals surface area contributed by atoms with Crippen LogP contribution in [0, 0.1) is 17.3 Å². The fraction of sp³-hybridized carbons (Fsp3) is 0.480. The number of hydrogen-bond donors (Lipinski definition) is 0. The van der Waals surface area contributed by atoms with E-state index in [1.807, 2.05) is 6.07 Å². The summed E-state index contributed by atoms with van der Waals surface area (Å²) in [5, 5.41) is 0. The van der Waals surface area contributed by atoms with E-state index in [9.17, 15) is 0 Å². The molecule has 1 heterocycles. The Bertz CT molecular complexity index is 749. The number of ether oxygens (including phenoxy) is 1. The number of hydrogen-bond acceptors (Lipinski definition) is 2. The SMILES string of the molecule is CC(C)CC(C)(CC(C)C)[C@@H]1COC(c2ccc(-c3ccccc3)cc2)=N1. The lowest BCUT2D eigenvalue weighted by molar-refractivity contribution is 0.138. The number of nitrogens with zero attached hydrogens (tertiary/aromatic N) is 1. The standard InChI is InChI=1S/C25H33NO/c1-18(2)15-25(5,16-19(3)4)23-17-27-24(26-23)22-13-11-21(12-14-22)20-9-7-6-8-10-20/h6-14,18-19,23H,15-17H2,1-5H3/t23-/m0/s1. The van der Waals surface area contributed by atoms with Crippen molar-refractivity contribution in [2.24, 2.45) is 22.2 Å². The predicted molar refractivity (Wildman–Crippen MR) is 115 cm³/mol. The van der Waals surface area contributed by atoms with E-state index in [1.165, 1.54) is 24.0 Å². The van der Waals surface area contributed by atoms with Crippen LogP contribution in [-0.2, 0) is 4.74 Å². The fourth-order valence-electron chi connectivity index (χ4n) is 4.55. The van der Waals surface area contributed by atoms with Crippen molar-refractivity contribution in [2.75, 3.05) is 6.61 Å². The third kappa shape index (κ3) is 4.80. The topological polar surface area (TPSA) is 21.6 Å². The van der Waals surface area contributed by atoms with Gasteiger partial charge in [-0.2, -0.15) is 0 Å². The maximum atomic E-state index is 6.06. The summed E-state index contributed by atoms with van der Waals surface area (Å²) in [6.45, 7) is 12.3. The predicted octanol–water partition coefficient (Wildman–Crippen LogP) is 6.60. The van der Waals surface area contributed by atoms with Gasteiger partial charge in [0.15, 0.2) is 0 Å². The quantitative estimate of drug-likeness (QED) is 0.543. The second-order valence-corrected chi connectivity index (χ2v) is 9.05. The molecule has 3 rings (SSSR count).